The van der Waals surface area contributed by atoms with Crippen molar-refractivity contribution in [2.75, 3.05) is 26.4 Å². The van der Waals surface area contributed by atoms with Gasteiger partial charge in [-0.3, -0.25) is 0 Å². The van der Waals surface area contributed by atoms with Crippen LogP contribution in [0, 0.1) is 0 Å². The fraction of sp³-hybridized carbons (Fsp3) is 0.182. The Morgan fingerprint density at radius 1 is 0.462 bits per heavy atom. The third-order valence-electron chi connectivity index (χ3n) is 7.70. The van der Waals surface area contributed by atoms with Crippen LogP contribution in [-0.2, 0) is 19.1 Å². The van der Waals surface area contributed by atoms with E-state index in [1.54, 1.807) is 38.1 Å². The van der Waals surface area contributed by atoms with Crippen molar-refractivity contribution in [3.8, 4) is 45.3 Å². The Balaban J connectivity index is 1.23. The second-order valence-corrected chi connectivity index (χ2v) is 12.1. The molecule has 0 aliphatic heterocycles. The van der Waals surface area contributed by atoms with Gasteiger partial charge in [0.2, 0.25) is 0 Å². The van der Waals surface area contributed by atoms with Crippen molar-refractivity contribution in [1.82, 2.24) is 0 Å². The first-order valence-electron chi connectivity index (χ1n) is 16.9. The molecule has 5 aromatic carbocycles. The van der Waals surface area contributed by atoms with Crippen LogP contribution in [0.15, 0.2) is 158 Å². The van der Waals surface area contributed by atoms with Gasteiger partial charge in [0.1, 0.15) is 37.9 Å². The highest BCUT2D eigenvalue weighted by atomic mass is 16.6. The van der Waals surface area contributed by atoms with Crippen LogP contribution < -0.4 is 18.9 Å². The fourth-order valence-electron chi connectivity index (χ4n) is 4.96. The zero-order chi connectivity index (χ0) is 36.7. The Morgan fingerprint density at radius 3 is 1.19 bits per heavy atom. The summed E-state index contributed by atoms with van der Waals surface area (Å²) in [6, 6.07) is 42.3. The molecule has 0 saturated heterocycles. The number of carbonyl (C=O) groups excluding carboxylic acids is 2. The third-order valence-corrected chi connectivity index (χ3v) is 7.70. The highest BCUT2D eigenvalue weighted by Gasteiger charge is 2.21. The van der Waals surface area contributed by atoms with Crippen LogP contribution in [0.5, 0.6) is 23.0 Å². The second-order valence-electron chi connectivity index (χ2n) is 12.1. The third kappa shape index (κ3) is 11.1. The highest BCUT2D eigenvalue weighted by molar-refractivity contribution is 5.87. The normalized spacial score (nSPS) is 11.7. The van der Waals surface area contributed by atoms with Gasteiger partial charge in [-0.2, -0.15) is 0 Å². The Kier molecular flexibility index (Phi) is 13.3. The summed E-state index contributed by atoms with van der Waals surface area (Å²) < 4.78 is 35.8. The van der Waals surface area contributed by atoms with Crippen molar-refractivity contribution < 1.29 is 38.0 Å². The lowest BCUT2D eigenvalue weighted by Gasteiger charge is -2.22. The largest absolute Gasteiger partial charge is 0.490 e. The van der Waals surface area contributed by atoms with E-state index in [0.29, 0.717) is 23.0 Å². The van der Waals surface area contributed by atoms with E-state index in [-0.39, 0.29) is 37.6 Å². The summed E-state index contributed by atoms with van der Waals surface area (Å²) in [5.41, 5.74) is 4.61. The second kappa shape index (κ2) is 18.6. The molecule has 0 N–H and O–H groups in total. The van der Waals surface area contributed by atoms with Crippen LogP contribution in [0.25, 0.3) is 22.3 Å². The topological polar surface area (TPSA) is 89.5 Å². The summed E-state index contributed by atoms with van der Waals surface area (Å²) in [7, 11) is 0. The zero-order valence-electron chi connectivity index (χ0n) is 29.4. The molecule has 0 bridgehead atoms. The molecule has 0 radical (unpaired) electrons. The molecule has 52 heavy (non-hydrogen) atoms. The molecule has 8 nitrogen and oxygen atoms in total. The Labute approximate surface area is 304 Å². The number of esters is 2. The van der Waals surface area contributed by atoms with Gasteiger partial charge in [0, 0.05) is 11.1 Å². The summed E-state index contributed by atoms with van der Waals surface area (Å²) >= 11 is 0. The van der Waals surface area contributed by atoms with E-state index in [1.165, 1.54) is 0 Å². The standard InChI is InChI=1S/C44H42O8/c1-31(2)43(45)51-39(27-47-37-21-13-19-35(25-37)33-15-7-5-8-16-33)29-49-41-23-11-12-24-42(41)50-30-40(52-44(46)32(3)4)28-48-38-22-14-20-36(26-38)34-17-9-6-10-18-34/h5-26,39-40H,1,3,27-30H2,2,4H3. The predicted molar refractivity (Wildman–Crippen MR) is 202 cm³/mol. The SMILES string of the molecule is C=C(C)C(=O)OC(COc1cccc(-c2ccccc2)c1)COc1ccccc1OCC(COc1cccc(-c2ccccc2)c1)OC(=O)C(=C)C. The smallest absolute Gasteiger partial charge is 0.333 e. The molecule has 0 amide bonds. The van der Waals surface area contributed by atoms with Crippen molar-refractivity contribution in [2.45, 2.75) is 26.1 Å². The van der Waals surface area contributed by atoms with Crippen molar-refractivity contribution in [1.29, 1.82) is 0 Å². The number of ether oxygens (including phenoxy) is 6. The first kappa shape index (κ1) is 37.0. The van der Waals surface area contributed by atoms with Crippen molar-refractivity contribution >= 4 is 11.9 Å². The minimum atomic E-state index is -0.776. The Bertz CT molecular complexity index is 1810. The van der Waals surface area contributed by atoms with Gasteiger partial charge in [-0.05, 0) is 72.5 Å². The molecule has 0 saturated carbocycles. The van der Waals surface area contributed by atoms with Gasteiger partial charge in [0.15, 0.2) is 23.7 Å². The molecule has 0 aliphatic carbocycles. The molecule has 0 aromatic heterocycles. The van der Waals surface area contributed by atoms with Crippen LogP contribution >= 0.6 is 0 Å². The van der Waals surface area contributed by atoms with Gasteiger partial charge in [-0.15, -0.1) is 0 Å². The minimum absolute atomic E-state index is 0.0298. The van der Waals surface area contributed by atoms with Crippen molar-refractivity contribution in [2.24, 2.45) is 0 Å². The molecule has 2 unspecified atom stereocenters. The molecule has 2 atom stereocenters. The average molecular weight is 699 g/mol. The Morgan fingerprint density at radius 2 is 0.808 bits per heavy atom. The molecular formula is C44H42O8. The number of hydrogen-bond donors (Lipinski definition) is 0. The first-order valence-corrected chi connectivity index (χ1v) is 16.9. The van der Waals surface area contributed by atoms with Crippen LogP contribution in [-0.4, -0.2) is 50.6 Å². The maximum Gasteiger partial charge on any atom is 0.333 e. The minimum Gasteiger partial charge on any atom is -0.490 e. The lowest BCUT2D eigenvalue weighted by Crippen LogP contribution is -2.32. The van der Waals surface area contributed by atoms with E-state index in [2.05, 4.69) is 13.2 Å². The maximum atomic E-state index is 12.5. The monoisotopic (exact) mass is 698 g/mol. The van der Waals surface area contributed by atoms with Crippen molar-refractivity contribution in [3.63, 3.8) is 0 Å². The van der Waals surface area contributed by atoms with Gasteiger partial charge in [0.25, 0.3) is 0 Å². The van der Waals surface area contributed by atoms with Crippen LogP contribution in [0.2, 0.25) is 0 Å². The van der Waals surface area contributed by atoms with E-state index >= 15 is 0 Å². The summed E-state index contributed by atoms with van der Waals surface area (Å²) in [6.07, 6.45) is -1.55. The van der Waals surface area contributed by atoms with Gasteiger partial charge in [0.05, 0.1) is 0 Å². The average Bonchev–Trinajstić information content (AvgIpc) is 3.18. The number of carbonyl (C=O) groups is 2. The molecule has 0 heterocycles. The number of benzene rings is 5. The maximum absolute atomic E-state index is 12.5. The molecule has 5 aromatic rings. The van der Waals surface area contributed by atoms with E-state index in [1.807, 2.05) is 109 Å². The molecule has 0 aliphatic rings. The Hall–Kier alpha value is -6.28. The molecule has 0 spiro atoms. The quantitative estimate of drug-likeness (QED) is 0.0662. The van der Waals surface area contributed by atoms with E-state index in [4.69, 9.17) is 28.4 Å². The lowest BCUT2D eigenvalue weighted by molar-refractivity contribution is -0.148. The van der Waals surface area contributed by atoms with Gasteiger partial charge < -0.3 is 28.4 Å². The predicted octanol–water partition coefficient (Wildman–Crippen LogP) is 8.91. The molecule has 266 valence electrons. The van der Waals surface area contributed by atoms with Crippen LogP contribution in [0.4, 0.5) is 0 Å². The molecule has 0 fully saturated rings. The number of rotatable bonds is 18. The lowest BCUT2D eigenvalue weighted by atomic mass is 10.1. The summed E-state index contributed by atoms with van der Waals surface area (Å²) in [6.45, 7) is 10.5. The van der Waals surface area contributed by atoms with Gasteiger partial charge in [-0.1, -0.05) is 110 Å². The van der Waals surface area contributed by atoms with Crippen LogP contribution in [0.3, 0.4) is 0 Å². The first-order chi connectivity index (χ1) is 25.2. The summed E-state index contributed by atoms with van der Waals surface area (Å²) in [4.78, 5) is 25.1. The van der Waals surface area contributed by atoms with Crippen LogP contribution in [0.1, 0.15) is 13.8 Å². The van der Waals surface area contributed by atoms with Gasteiger partial charge in [-0.25, -0.2) is 9.59 Å². The van der Waals surface area contributed by atoms with Gasteiger partial charge >= 0.3 is 11.9 Å². The highest BCUT2D eigenvalue weighted by Crippen LogP contribution is 2.29. The van der Waals surface area contributed by atoms with E-state index in [0.717, 1.165) is 22.3 Å². The fourth-order valence-corrected chi connectivity index (χ4v) is 4.96. The summed E-state index contributed by atoms with van der Waals surface area (Å²) in [5.74, 6) is 0.905. The van der Waals surface area contributed by atoms with E-state index < -0.39 is 24.1 Å². The molecule has 5 rings (SSSR count). The molecule has 8 heteroatoms. The number of hydrogen-bond acceptors (Lipinski definition) is 8. The zero-order valence-corrected chi connectivity index (χ0v) is 29.4. The van der Waals surface area contributed by atoms with Crippen molar-refractivity contribution in [3.05, 3.63) is 158 Å². The summed E-state index contributed by atoms with van der Waals surface area (Å²) in [5, 5.41) is 0. The number of para-hydroxylation sites is 2. The van der Waals surface area contributed by atoms with E-state index in [9.17, 15) is 9.59 Å². The molecular weight excluding hydrogens is 656 g/mol.